The summed E-state index contributed by atoms with van der Waals surface area (Å²) in [6.45, 7) is 7.00. The number of urea groups is 1. The number of ether oxygens (including phenoxy) is 6. The van der Waals surface area contributed by atoms with Crippen LogP contribution in [0.4, 0.5) is 4.79 Å². The molecule has 0 aliphatic rings. The molecule has 0 unspecified atom stereocenters. The van der Waals surface area contributed by atoms with Crippen molar-refractivity contribution in [2.75, 3.05) is 27.9 Å². The SMILES string of the molecule is CCC[CH2][Sn]([CH2]CCC)([CH2]CCC)[c]1ccc(C(=O)NCCCC[C@H](NC(=O)N[C@@H](CCC(=O)OCc2ccc(OC)cc2)C(=O)OCc2ccc(OC)cc2)C(=O)OCc2ccc(OC)cc2)cc1. The van der Waals surface area contributed by atoms with Gasteiger partial charge in [0.15, 0.2) is 0 Å². The average molecular weight is 1070 g/mol. The number of carbonyl (C=O) groups excluding carboxylic acids is 5. The van der Waals surface area contributed by atoms with Gasteiger partial charge in [-0.2, -0.15) is 0 Å². The van der Waals surface area contributed by atoms with E-state index in [4.69, 9.17) is 28.4 Å². The Bertz CT molecular complexity index is 2160. The van der Waals surface area contributed by atoms with E-state index in [1.54, 1.807) is 94.1 Å². The molecular weight excluding hydrogens is 997 g/mol. The minimum atomic E-state index is -2.64. The second-order valence-electron chi connectivity index (χ2n) is 17.6. The van der Waals surface area contributed by atoms with Crippen molar-refractivity contribution in [1.29, 1.82) is 0 Å². The molecule has 0 bridgehead atoms. The molecule has 15 heteroatoms. The molecule has 380 valence electrons. The topological polar surface area (TPSA) is 177 Å². The Hall–Kier alpha value is -5.77. The van der Waals surface area contributed by atoms with Gasteiger partial charge in [-0.15, -0.1) is 0 Å². The standard InChI is InChI=1S/C43H48N3O11.3C4H9.Sn/c1-52-34-18-12-30(13-19-34)27-55-39(47)25-24-38(42(50)57-29-32-16-22-36(54-3)23-17-32)46-43(51)45-37(41(49)56-28-31-14-20-35(53-2)21-15-31)11-7-8-26-44-40(48)33-9-5-4-6-10-33;3*1-3-4-2;/h5-6,9-10,12-23,37-38H,7-8,11,24-29H2,1-3H3,(H,44,48)(H2,45,46,51);3*1,3-4H2,2H3;/t37-,38-;;;;/m0..../s1. The molecule has 14 nitrogen and oxygen atoms in total. The maximum absolute atomic E-state index is 13.7. The summed E-state index contributed by atoms with van der Waals surface area (Å²) in [6.07, 6.45) is 8.14. The fraction of sp³-hybridized carbons (Fsp3) is 0.473. The molecule has 0 fully saturated rings. The van der Waals surface area contributed by atoms with Gasteiger partial charge in [-0.05, 0) is 59.5 Å². The number of hydrogen-bond donors (Lipinski definition) is 3. The molecule has 0 spiro atoms. The van der Waals surface area contributed by atoms with Crippen LogP contribution in [-0.4, -0.2) is 88.2 Å². The van der Waals surface area contributed by atoms with E-state index in [1.807, 2.05) is 12.1 Å². The van der Waals surface area contributed by atoms with Crippen LogP contribution in [0.1, 0.15) is 118 Å². The van der Waals surface area contributed by atoms with Gasteiger partial charge in [0.25, 0.3) is 0 Å². The van der Waals surface area contributed by atoms with Crippen LogP contribution in [0.2, 0.25) is 13.3 Å². The van der Waals surface area contributed by atoms with Gasteiger partial charge in [-0.3, -0.25) is 4.79 Å². The van der Waals surface area contributed by atoms with E-state index in [2.05, 4.69) is 48.9 Å². The number of hydrogen-bond acceptors (Lipinski definition) is 11. The van der Waals surface area contributed by atoms with Crippen molar-refractivity contribution in [2.24, 2.45) is 0 Å². The van der Waals surface area contributed by atoms with Crippen LogP contribution in [-0.2, 0) is 48.4 Å². The number of methoxy groups -OCH3 is 3. The van der Waals surface area contributed by atoms with E-state index in [-0.39, 0.29) is 45.0 Å². The first kappa shape index (κ1) is 56.8. The number of carbonyl (C=O) groups is 5. The molecule has 3 amide bonds. The number of unbranched alkanes of at least 4 members (excludes halogenated alkanes) is 4. The third-order valence-corrected chi connectivity index (χ3v) is 28.1. The Morgan fingerprint density at radius 1 is 0.500 bits per heavy atom. The zero-order valence-corrected chi connectivity index (χ0v) is 45.0. The monoisotopic (exact) mass is 1070 g/mol. The van der Waals surface area contributed by atoms with Crippen LogP contribution in [0.15, 0.2) is 97.1 Å². The number of benzene rings is 4. The van der Waals surface area contributed by atoms with Crippen LogP contribution in [0.3, 0.4) is 0 Å². The first-order valence-electron chi connectivity index (χ1n) is 24.8. The van der Waals surface area contributed by atoms with Crippen LogP contribution in [0, 0.1) is 0 Å². The Morgan fingerprint density at radius 3 is 1.33 bits per heavy atom. The molecule has 70 heavy (non-hydrogen) atoms. The third-order valence-electron chi connectivity index (χ3n) is 12.4. The summed E-state index contributed by atoms with van der Waals surface area (Å²) in [7, 11) is 4.66. The van der Waals surface area contributed by atoms with E-state index in [9.17, 15) is 24.0 Å². The quantitative estimate of drug-likeness (QED) is 0.0184. The van der Waals surface area contributed by atoms with Crippen molar-refractivity contribution in [1.82, 2.24) is 16.0 Å². The number of esters is 3. The summed E-state index contributed by atoms with van der Waals surface area (Å²) in [6, 6.07) is 26.2. The molecule has 4 aromatic carbocycles. The maximum atomic E-state index is 13.7. The van der Waals surface area contributed by atoms with Gasteiger partial charge in [-0.25, -0.2) is 14.4 Å². The average Bonchev–Trinajstić information content (AvgIpc) is 3.39. The number of amides is 3. The van der Waals surface area contributed by atoms with Gasteiger partial charge in [-0.1, -0.05) is 36.4 Å². The minimum absolute atomic E-state index is 0.000486. The Balaban J connectivity index is 1.41. The Labute approximate surface area is 419 Å². The van der Waals surface area contributed by atoms with Crippen molar-refractivity contribution in [3.8, 4) is 17.2 Å². The van der Waals surface area contributed by atoms with Gasteiger partial charge in [0.05, 0.1) is 21.3 Å². The zero-order valence-electron chi connectivity index (χ0n) is 42.1. The fourth-order valence-corrected chi connectivity index (χ4v) is 24.1. The summed E-state index contributed by atoms with van der Waals surface area (Å²) in [5, 5.41) is 8.34. The summed E-state index contributed by atoms with van der Waals surface area (Å²) < 4.78 is 37.9. The predicted molar refractivity (Wildman–Crippen MR) is 274 cm³/mol. The van der Waals surface area contributed by atoms with E-state index in [0.29, 0.717) is 53.3 Å². The molecule has 4 rings (SSSR count). The van der Waals surface area contributed by atoms with Gasteiger partial charge in [0.2, 0.25) is 0 Å². The molecule has 2 atom stereocenters. The molecule has 0 heterocycles. The summed E-state index contributed by atoms with van der Waals surface area (Å²) >= 11 is -2.64. The number of nitrogens with one attached hydrogen (secondary N) is 3. The second-order valence-corrected chi connectivity index (χ2v) is 30.8. The molecule has 3 N–H and O–H groups in total. The first-order chi connectivity index (χ1) is 34.0. The fourth-order valence-electron chi connectivity index (χ4n) is 8.14. The molecule has 0 aromatic heterocycles. The molecule has 0 aliphatic carbocycles. The molecule has 4 aromatic rings. The normalized spacial score (nSPS) is 11.9. The predicted octanol–water partition coefficient (Wildman–Crippen LogP) is 9.72. The van der Waals surface area contributed by atoms with E-state index >= 15 is 0 Å². The number of rotatable bonds is 32. The van der Waals surface area contributed by atoms with E-state index in [0.717, 1.165) is 5.56 Å². The van der Waals surface area contributed by atoms with Gasteiger partial charge < -0.3 is 33.7 Å². The van der Waals surface area contributed by atoms with Gasteiger partial charge >= 0.3 is 202 Å². The molecule has 0 saturated carbocycles. The molecule has 0 saturated heterocycles. The Morgan fingerprint density at radius 2 is 0.914 bits per heavy atom. The van der Waals surface area contributed by atoms with Crippen LogP contribution < -0.4 is 33.7 Å². The van der Waals surface area contributed by atoms with Crippen molar-refractivity contribution in [2.45, 2.75) is 137 Å². The summed E-state index contributed by atoms with van der Waals surface area (Å²) in [5.41, 5.74) is 2.75. The van der Waals surface area contributed by atoms with Crippen molar-refractivity contribution in [3.63, 3.8) is 0 Å². The van der Waals surface area contributed by atoms with Crippen molar-refractivity contribution < 1.29 is 52.4 Å². The van der Waals surface area contributed by atoms with E-state index in [1.165, 1.54) is 55.4 Å². The third kappa shape index (κ3) is 19.6. The second kappa shape index (κ2) is 31.5. The molecule has 0 radical (unpaired) electrons. The van der Waals surface area contributed by atoms with Gasteiger partial charge in [0.1, 0.15) is 43.1 Å². The molecular formula is C55H75N3O11Sn. The summed E-state index contributed by atoms with van der Waals surface area (Å²) in [5.74, 6) is -0.284. The van der Waals surface area contributed by atoms with Crippen molar-refractivity contribution in [3.05, 3.63) is 119 Å². The molecule has 0 aliphatic heterocycles. The van der Waals surface area contributed by atoms with Crippen LogP contribution >= 0.6 is 0 Å². The van der Waals surface area contributed by atoms with E-state index < -0.39 is 54.4 Å². The first-order valence-corrected chi connectivity index (χ1v) is 32.3. The zero-order chi connectivity index (χ0) is 50.6. The van der Waals surface area contributed by atoms with Crippen LogP contribution in [0.5, 0.6) is 17.2 Å². The summed E-state index contributed by atoms with van der Waals surface area (Å²) in [4.78, 5) is 67.1. The Kier molecular flexibility index (Phi) is 25.5. The van der Waals surface area contributed by atoms with Crippen molar-refractivity contribution >= 4 is 51.8 Å². The van der Waals surface area contributed by atoms with Crippen LogP contribution in [0.25, 0.3) is 0 Å². The van der Waals surface area contributed by atoms with Gasteiger partial charge in [0, 0.05) is 6.42 Å².